The first-order valence-corrected chi connectivity index (χ1v) is 6.13. The molecule has 0 spiro atoms. The fraction of sp³-hybridized carbons (Fsp3) is 0.462. The second kappa shape index (κ2) is 5.25. The fourth-order valence-electron chi connectivity index (χ4n) is 2.40. The number of amides is 1. The Morgan fingerprint density at radius 2 is 2.11 bits per heavy atom. The van der Waals surface area contributed by atoms with Gasteiger partial charge in [0.15, 0.2) is 0 Å². The molecule has 1 saturated heterocycles. The van der Waals surface area contributed by atoms with Crippen molar-refractivity contribution >= 4 is 17.3 Å². The maximum atomic E-state index is 13.0. The van der Waals surface area contributed by atoms with E-state index in [1.165, 1.54) is 12.1 Å². The van der Waals surface area contributed by atoms with Crippen LogP contribution in [0.25, 0.3) is 0 Å². The number of benzene rings is 1. The Hall–Kier alpha value is -1.78. The molecular weight excluding hydrogens is 233 g/mol. The number of nitrogens with one attached hydrogen (secondary N) is 1. The van der Waals surface area contributed by atoms with Gasteiger partial charge in [0.05, 0.1) is 11.4 Å². The van der Waals surface area contributed by atoms with Crippen LogP contribution in [0.1, 0.15) is 12.8 Å². The van der Waals surface area contributed by atoms with Gasteiger partial charge in [-0.05, 0) is 31.0 Å². The van der Waals surface area contributed by atoms with Gasteiger partial charge in [-0.1, -0.05) is 0 Å². The fourth-order valence-corrected chi connectivity index (χ4v) is 2.40. The van der Waals surface area contributed by atoms with Gasteiger partial charge in [0.25, 0.3) is 0 Å². The molecule has 1 aliphatic rings. The van der Waals surface area contributed by atoms with Crippen LogP contribution in [0, 0.1) is 11.7 Å². The third-order valence-electron chi connectivity index (χ3n) is 3.44. The molecule has 0 radical (unpaired) electrons. The van der Waals surface area contributed by atoms with Crippen LogP contribution >= 0.6 is 0 Å². The van der Waals surface area contributed by atoms with Gasteiger partial charge in [-0.2, -0.15) is 0 Å². The molecule has 1 aromatic carbocycles. The summed E-state index contributed by atoms with van der Waals surface area (Å²) in [5, 5.41) is 2.68. The van der Waals surface area contributed by atoms with Gasteiger partial charge in [0.1, 0.15) is 5.82 Å². The highest BCUT2D eigenvalue weighted by Crippen LogP contribution is 2.28. The van der Waals surface area contributed by atoms with Gasteiger partial charge >= 0.3 is 0 Å². The van der Waals surface area contributed by atoms with Gasteiger partial charge in [-0.15, -0.1) is 0 Å². The number of nitrogen functional groups attached to an aromatic ring is 1. The zero-order valence-electron chi connectivity index (χ0n) is 10.4. The van der Waals surface area contributed by atoms with E-state index in [-0.39, 0.29) is 17.6 Å². The van der Waals surface area contributed by atoms with Crippen molar-refractivity contribution < 1.29 is 9.18 Å². The number of hydrogen-bond donors (Lipinski definition) is 2. The first kappa shape index (κ1) is 12.7. The number of rotatable bonds is 2. The summed E-state index contributed by atoms with van der Waals surface area (Å²) in [6.07, 6.45) is 1.60. The Morgan fingerprint density at radius 1 is 1.44 bits per heavy atom. The summed E-state index contributed by atoms with van der Waals surface area (Å²) in [6.45, 7) is 1.54. The van der Waals surface area contributed by atoms with E-state index in [1.807, 2.05) is 0 Å². The molecule has 1 aliphatic heterocycles. The highest BCUT2D eigenvalue weighted by atomic mass is 19.1. The highest BCUT2D eigenvalue weighted by molar-refractivity contribution is 5.79. The van der Waals surface area contributed by atoms with E-state index < -0.39 is 0 Å². The summed E-state index contributed by atoms with van der Waals surface area (Å²) in [4.78, 5) is 13.6. The lowest BCUT2D eigenvalue weighted by atomic mass is 9.95. The first-order valence-electron chi connectivity index (χ1n) is 6.13. The molecule has 2 rings (SSSR count). The van der Waals surface area contributed by atoms with Gasteiger partial charge in [0.2, 0.25) is 5.91 Å². The summed E-state index contributed by atoms with van der Waals surface area (Å²) in [6, 6.07) is 4.45. The molecule has 0 unspecified atom stereocenters. The van der Waals surface area contributed by atoms with Crippen LogP contribution < -0.4 is 16.0 Å². The molecule has 0 saturated carbocycles. The summed E-state index contributed by atoms with van der Waals surface area (Å²) in [5.41, 5.74) is 7.12. The van der Waals surface area contributed by atoms with E-state index in [4.69, 9.17) is 5.73 Å². The molecule has 1 aromatic rings. The summed E-state index contributed by atoms with van der Waals surface area (Å²) in [5.74, 6) is -0.147. The minimum atomic E-state index is -0.323. The first-order chi connectivity index (χ1) is 8.61. The van der Waals surface area contributed by atoms with Crippen molar-refractivity contribution in [1.29, 1.82) is 0 Å². The molecule has 0 bridgehead atoms. The number of piperidine rings is 1. The third kappa shape index (κ3) is 2.55. The van der Waals surface area contributed by atoms with E-state index in [0.29, 0.717) is 5.69 Å². The predicted octanol–water partition coefficient (Wildman–Crippen LogP) is 1.37. The van der Waals surface area contributed by atoms with Crippen molar-refractivity contribution in [3.05, 3.63) is 24.0 Å². The van der Waals surface area contributed by atoms with Crippen molar-refractivity contribution in [1.82, 2.24) is 5.32 Å². The quantitative estimate of drug-likeness (QED) is 0.780. The average molecular weight is 251 g/mol. The number of hydrogen-bond acceptors (Lipinski definition) is 3. The number of halogens is 1. The van der Waals surface area contributed by atoms with Gasteiger partial charge in [-0.25, -0.2) is 4.39 Å². The summed E-state index contributed by atoms with van der Waals surface area (Å²) in [7, 11) is 1.66. The van der Waals surface area contributed by atoms with E-state index in [2.05, 4.69) is 10.2 Å². The van der Waals surface area contributed by atoms with E-state index in [1.54, 1.807) is 13.1 Å². The Morgan fingerprint density at radius 3 is 2.67 bits per heavy atom. The number of anilines is 2. The van der Waals surface area contributed by atoms with Crippen molar-refractivity contribution in [2.45, 2.75) is 12.8 Å². The average Bonchev–Trinajstić information content (AvgIpc) is 2.38. The van der Waals surface area contributed by atoms with Crippen LogP contribution in [0.4, 0.5) is 15.8 Å². The molecule has 18 heavy (non-hydrogen) atoms. The molecule has 3 N–H and O–H groups in total. The largest absolute Gasteiger partial charge is 0.397 e. The van der Waals surface area contributed by atoms with Crippen LogP contribution in [-0.4, -0.2) is 26.0 Å². The van der Waals surface area contributed by atoms with Crippen molar-refractivity contribution in [3.8, 4) is 0 Å². The third-order valence-corrected chi connectivity index (χ3v) is 3.44. The van der Waals surface area contributed by atoms with E-state index in [0.717, 1.165) is 31.6 Å². The Bertz CT molecular complexity index is 442. The molecule has 0 atom stereocenters. The topological polar surface area (TPSA) is 58.4 Å². The maximum absolute atomic E-state index is 13.0. The lowest BCUT2D eigenvalue weighted by Crippen LogP contribution is -2.39. The van der Waals surface area contributed by atoms with Gasteiger partial charge in [-0.3, -0.25) is 4.79 Å². The molecule has 0 aliphatic carbocycles. The molecule has 1 heterocycles. The number of carbonyl (C=O) groups excluding carboxylic acids is 1. The normalized spacial score (nSPS) is 16.7. The Balaban J connectivity index is 2.03. The molecule has 1 fully saturated rings. The second-order valence-electron chi connectivity index (χ2n) is 4.58. The zero-order chi connectivity index (χ0) is 13.1. The molecule has 5 heteroatoms. The van der Waals surface area contributed by atoms with Crippen LogP contribution in [0.2, 0.25) is 0 Å². The molecule has 4 nitrogen and oxygen atoms in total. The Labute approximate surface area is 106 Å². The lowest BCUT2D eigenvalue weighted by Gasteiger charge is -2.33. The highest BCUT2D eigenvalue weighted by Gasteiger charge is 2.25. The number of nitrogens with two attached hydrogens (primary N) is 1. The lowest BCUT2D eigenvalue weighted by molar-refractivity contribution is -0.125. The van der Waals surface area contributed by atoms with Crippen LogP contribution in [0.15, 0.2) is 18.2 Å². The SMILES string of the molecule is CNC(=O)C1CCN(c2ccc(F)cc2N)CC1. The molecule has 1 amide bonds. The molecular formula is C13H18FN3O. The minimum Gasteiger partial charge on any atom is -0.397 e. The summed E-state index contributed by atoms with van der Waals surface area (Å²) < 4.78 is 13.0. The van der Waals surface area contributed by atoms with Gasteiger partial charge in [0, 0.05) is 26.1 Å². The summed E-state index contributed by atoms with van der Waals surface area (Å²) >= 11 is 0. The van der Waals surface area contributed by atoms with Gasteiger partial charge < -0.3 is 16.0 Å². The maximum Gasteiger partial charge on any atom is 0.222 e. The van der Waals surface area contributed by atoms with E-state index >= 15 is 0 Å². The van der Waals surface area contributed by atoms with Crippen LogP contribution in [0.3, 0.4) is 0 Å². The standard InChI is InChI=1S/C13H18FN3O/c1-16-13(18)9-4-6-17(7-5-9)12-3-2-10(14)8-11(12)15/h2-3,8-9H,4-7,15H2,1H3,(H,16,18). The monoisotopic (exact) mass is 251 g/mol. The Kier molecular flexibility index (Phi) is 3.69. The number of carbonyl (C=O) groups is 1. The number of nitrogens with zero attached hydrogens (tertiary/aromatic N) is 1. The van der Waals surface area contributed by atoms with Crippen molar-refractivity contribution in [2.24, 2.45) is 5.92 Å². The molecule has 98 valence electrons. The van der Waals surface area contributed by atoms with Crippen molar-refractivity contribution in [2.75, 3.05) is 30.8 Å². The van der Waals surface area contributed by atoms with Crippen LogP contribution in [-0.2, 0) is 4.79 Å². The molecule has 0 aromatic heterocycles. The van der Waals surface area contributed by atoms with Crippen molar-refractivity contribution in [3.63, 3.8) is 0 Å². The minimum absolute atomic E-state index is 0.0768. The van der Waals surface area contributed by atoms with E-state index in [9.17, 15) is 9.18 Å². The second-order valence-corrected chi connectivity index (χ2v) is 4.58. The smallest absolute Gasteiger partial charge is 0.222 e. The van der Waals surface area contributed by atoms with Crippen LogP contribution in [0.5, 0.6) is 0 Å². The predicted molar refractivity (Wildman–Crippen MR) is 69.8 cm³/mol. The zero-order valence-corrected chi connectivity index (χ0v) is 10.4.